The van der Waals surface area contributed by atoms with E-state index in [1.54, 1.807) is 6.07 Å². The topological polar surface area (TPSA) is 80.0 Å². The molecule has 0 saturated carbocycles. The summed E-state index contributed by atoms with van der Waals surface area (Å²) in [5.74, 6) is 1.91. The fourth-order valence-electron chi connectivity index (χ4n) is 3.51. The predicted octanol–water partition coefficient (Wildman–Crippen LogP) is 2.32. The summed E-state index contributed by atoms with van der Waals surface area (Å²) in [6.45, 7) is 2.84. The molecule has 1 aromatic heterocycles. The smallest absolute Gasteiger partial charge is 0.225 e. The van der Waals surface area contributed by atoms with Gasteiger partial charge in [0.05, 0.1) is 5.92 Å². The Morgan fingerprint density at radius 2 is 2.12 bits per heavy atom. The first-order valence-electron chi connectivity index (χ1n) is 8.49. The number of nitrogens with one attached hydrogen (secondary N) is 1. The molecule has 1 amide bonds. The number of carbonyl (C=O) groups excluding carboxylic acids is 1. The summed E-state index contributed by atoms with van der Waals surface area (Å²) in [5, 5.41) is 23.4. The summed E-state index contributed by atoms with van der Waals surface area (Å²) in [6, 6.07) is 11.4. The lowest BCUT2D eigenvalue weighted by Crippen LogP contribution is -2.36. The first-order valence-corrected chi connectivity index (χ1v) is 8.49. The van der Waals surface area contributed by atoms with Gasteiger partial charge in [0.25, 0.3) is 0 Å². The van der Waals surface area contributed by atoms with Crippen molar-refractivity contribution in [2.75, 3.05) is 0 Å². The van der Waals surface area contributed by atoms with E-state index in [0.29, 0.717) is 13.1 Å². The Kier molecular flexibility index (Phi) is 3.87. The standard InChI is InChI=1S/C19H20N4O2/c1-12-21-22-18-9-7-14(11-23(12)18)19(25)20-10-16-15-5-3-2-4-13(15)6-8-17(16)24/h2-6,8,14,24H,7,9-11H2,1H3,(H,20,25). The van der Waals surface area contributed by atoms with Gasteiger partial charge in [-0.05, 0) is 30.2 Å². The quantitative estimate of drug-likeness (QED) is 0.769. The number of amides is 1. The summed E-state index contributed by atoms with van der Waals surface area (Å²) in [6.07, 6.45) is 1.53. The van der Waals surface area contributed by atoms with Crippen LogP contribution < -0.4 is 5.32 Å². The third-order valence-electron chi connectivity index (χ3n) is 4.96. The van der Waals surface area contributed by atoms with Gasteiger partial charge in [-0.25, -0.2) is 0 Å². The molecule has 25 heavy (non-hydrogen) atoms. The molecule has 4 rings (SSSR count). The second-order valence-electron chi connectivity index (χ2n) is 6.51. The van der Waals surface area contributed by atoms with Gasteiger partial charge in [-0.1, -0.05) is 30.3 Å². The molecule has 1 atom stereocenters. The van der Waals surface area contributed by atoms with Gasteiger partial charge < -0.3 is 15.0 Å². The Morgan fingerprint density at radius 1 is 1.28 bits per heavy atom. The van der Waals surface area contributed by atoms with E-state index in [4.69, 9.17) is 0 Å². The van der Waals surface area contributed by atoms with Gasteiger partial charge in [0.1, 0.15) is 17.4 Å². The second kappa shape index (κ2) is 6.20. The molecule has 1 aliphatic rings. The van der Waals surface area contributed by atoms with Crippen molar-refractivity contribution in [3.63, 3.8) is 0 Å². The van der Waals surface area contributed by atoms with Crippen molar-refractivity contribution < 1.29 is 9.90 Å². The van der Waals surface area contributed by atoms with Crippen LogP contribution in [0.2, 0.25) is 0 Å². The normalized spacial score (nSPS) is 16.6. The Labute approximate surface area is 145 Å². The van der Waals surface area contributed by atoms with Crippen molar-refractivity contribution in [2.45, 2.75) is 32.9 Å². The molecule has 6 heteroatoms. The van der Waals surface area contributed by atoms with Crippen LogP contribution in [0, 0.1) is 12.8 Å². The zero-order chi connectivity index (χ0) is 17.4. The van der Waals surface area contributed by atoms with Crippen LogP contribution in [0.15, 0.2) is 36.4 Å². The van der Waals surface area contributed by atoms with E-state index in [2.05, 4.69) is 15.5 Å². The number of nitrogens with zero attached hydrogens (tertiary/aromatic N) is 3. The molecule has 0 bridgehead atoms. The minimum atomic E-state index is -0.0979. The number of aromatic hydroxyl groups is 1. The molecule has 0 saturated heterocycles. The number of phenols is 1. The van der Waals surface area contributed by atoms with Crippen LogP contribution >= 0.6 is 0 Å². The van der Waals surface area contributed by atoms with Gasteiger partial charge in [-0.2, -0.15) is 0 Å². The highest BCUT2D eigenvalue weighted by Crippen LogP contribution is 2.27. The van der Waals surface area contributed by atoms with Crippen LogP contribution in [0.1, 0.15) is 23.6 Å². The fourth-order valence-corrected chi connectivity index (χ4v) is 3.51. The Bertz CT molecular complexity index is 948. The van der Waals surface area contributed by atoms with Gasteiger partial charge in [0, 0.05) is 25.1 Å². The van der Waals surface area contributed by atoms with Crippen LogP contribution in [0.25, 0.3) is 10.8 Å². The molecule has 3 aromatic rings. The van der Waals surface area contributed by atoms with E-state index < -0.39 is 0 Å². The van der Waals surface area contributed by atoms with E-state index >= 15 is 0 Å². The lowest BCUT2D eigenvalue weighted by Gasteiger charge is -2.23. The van der Waals surface area contributed by atoms with E-state index in [1.807, 2.05) is 41.8 Å². The maximum atomic E-state index is 12.6. The number of fused-ring (bicyclic) bond motifs is 2. The summed E-state index contributed by atoms with van der Waals surface area (Å²) in [7, 11) is 0. The molecule has 1 aliphatic heterocycles. The van der Waals surface area contributed by atoms with Crippen LogP contribution in [-0.4, -0.2) is 25.8 Å². The average Bonchev–Trinajstić information content (AvgIpc) is 3.01. The van der Waals surface area contributed by atoms with Crippen LogP contribution in [0.5, 0.6) is 5.75 Å². The first-order chi connectivity index (χ1) is 12.1. The minimum Gasteiger partial charge on any atom is -0.508 e. The fraction of sp³-hybridized carbons (Fsp3) is 0.316. The van der Waals surface area contributed by atoms with E-state index in [0.717, 1.165) is 40.8 Å². The number of phenolic OH excluding ortho intramolecular Hbond substituents is 1. The molecule has 2 aromatic carbocycles. The molecule has 2 N–H and O–H groups in total. The minimum absolute atomic E-state index is 0.00563. The maximum Gasteiger partial charge on any atom is 0.225 e. The van der Waals surface area contributed by atoms with Gasteiger partial charge in [-0.15, -0.1) is 10.2 Å². The lowest BCUT2D eigenvalue weighted by molar-refractivity contribution is -0.126. The van der Waals surface area contributed by atoms with Crippen molar-refractivity contribution in [1.29, 1.82) is 0 Å². The molecule has 0 aliphatic carbocycles. The number of hydrogen-bond donors (Lipinski definition) is 2. The largest absolute Gasteiger partial charge is 0.508 e. The molecule has 0 spiro atoms. The zero-order valence-electron chi connectivity index (χ0n) is 14.1. The maximum absolute atomic E-state index is 12.6. The number of rotatable bonds is 3. The molecule has 1 unspecified atom stereocenters. The third-order valence-corrected chi connectivity index (χ3v) is 4.96. The molecule has 128 valence electrons. The first kappa shape index (κ1) is 15.6. The number of aryl methyl sites for hydroxylation is 2. The Balaban J connectivity index is 1.50. The van der Waals surface area contributed by atoms with Gasteiger partial charge >= 0.3 is 0 Å². The molecule has 2 heterocycles. The molecule has 0 fully saturated rings. The summed E-state index contributed by atoms with van der Waals surface area (Å²) in [4.78, 5) is 12.6. The van der Waals surface area contributed by atoms with Crippen molar-refractivity contribution in [2.24, 2.45) is 5.92 Å². The Hall–Kier alpha value is -2.89. The zero-order valence-corrected chi connectivity index (χ0v) is 14.1. The summed E-state index contributed by atoms with van der Waals surface area (Å²) >= 11 is 0. The van der Waals surface area contributed by atoms with Crippen molar-refractivity contribution in [1.82, 2.24) is 20.1 Å². The van der Waals surface area contributed by atoms with Crippen LogP contribution in [-0.2, 0) is 24.3 Å². The monoisotopic (exact) mass is 336 g/mol. The van der Waals surface area contributed by atoms with E-state index in [-0.39, 0.29) is 17.6 Å². The van der Waals surface area contributed by atoms with E-state index in [9.17, 15) is 9.90 Å². The summed E-state index contributed by atoms with van der Waals surface area (Å²) in [5.41, 5.74) is 0.753. The van der Waals surface area contributed by atoms with Crippen molar-refractivity contribution in [3.8, 4) is 5.75 Å². The third kappa shape index (κ3) is 2.84. The highest BCUT2D eigenvalue weighted by atomic mass is 16.3. The van der Waals surface area contributed by atoms with Crippen LogP contribution in [0.4, 0.5) is 0 Å². The van der Waals surface area contributed by atoms with Crippen molar-refractivity contribution >= 4 is 16.7 Å². The Morgan fingerprint density at radius 3 is 3.00 bits per heavy atom. The van der Waals surface area contributed by atoms with Crippen LogP contribution in [0.3, 0.4) is 0 Å². The number of hydrogen-bond acceptors (Lipinski definition) is 4. The number of aromatic nitrogens is 3. The predicted molar refractivity (Wildman–Crippen MR) is 94.0 cm³/mol. The highest BCUT2D eigenvalue weighted by Gasteiger charge is 2.26. The average molecular weight is 336 g/mol. The molecule has 6 nitrogen and oxygen atoms in total. The van der Waals surface area contributed by atoms with Gasteiger partial charge in [-0.3, -0.25) is 4.79 Å². The SMILES string of the molecule is Cc1nnc2n1CC(C(=O)NCc1c(O)ccc3ccccc13)CC2. The van der Waals surface area contributed by atoms with Gasteiger partial charge in [0.15, 0.2) is 0 Å². The highest BCUT2D eigenvalue weighted by molar-refractivity contribution is 5.88. The molecular formula is C19H20N4O2. The number of benzene rings is 2. The van der Waals surface area contributed by atoms with Gasteiger partial charge in [0.2, 0.25) is 5.91 Å². The lowest BCUT2D eigenvalue weighted by atomic mass is 9.98. The molecular weight excluding hydrogens is 316 g/mol. The van der Waals surface area contributed by atoms with E-state index in [1.165, 1.54) is 0 Å². The summed E-state index contributed by atoms with van der Waals surface area (Å²) < 4.78 is 2.02. The van der Waals surface area contributed by atoms with Crippen molar-refractivity contribution in [3.05, 3.63) is 53.6 Å². The molecule has 0 radical (unpaired) electrons. The number of carbonyl (C=O) groups is 1. The second-order valence-corrected chi connectivity index (χ2v) is 6.51.